The van der Waals surface area contributed by atoms with Crippen LogP contribution in [0.1, 0.15) is 33.1 Å². The highest BCUT2D eigenvalue weighted by Gasteiger charge is 2.10. The van der Waals surface area contributed by atoms with E-state index >= 15 is 0 Å². The first-order valence-corrected chi connectivity index (χ1v) is 5.32. The highest BCUT2D eigenvalue weighted by Crippen LogP contribution is 2.22. The molecule has 0 saturated heterocycles. The van der Waals surface area contributed by atoms with Gasteiger partial charge in [-0.15, -0.1) is 0 Å². The number of allylic oxidation sites excluding steroid dienone is 3. The second-order valence-electron chi connectivity index (χ2n) is 4.06. The minimum atomic E-state index is -0.564. The molecule has 1 aliphatic rings. The number of carbonyl (C=O) groups is 1. The van der Waals surface area contributed by atoms with Crippen LogP contribution in [0.25, 0.3) is 0 Å². The Labute approximate surface area is 90.6 Å². The molecule has 0 aromatic carbocycles. The van der Waals surface area contributed by atoms with E-state index in [2.05, 4.69) is 36.9 Å². The topological polar surface area (TPSA) is 67.2 Å². The standard InChI is InChI=1S/C11H19N3O/c1-8(2)7-9-5-3-4-6-10(9)13-14-11(12)15/h6-8,13H,3-5H2,1-2H3,(H3,12,14,15). The second-order valence-corrected chi connectivity index (χ2v) is 4.06. The predicted octanol–water partition coefficient (Wildman–Crippen LogP) is 1.81. The Morgan fingerprint density at radius 1 is 1.60 bits per heavy atom. The molecule has 1 aliphatic carbocycles. The van der Waals surface area contributed by atoms with E-state index in [1.165, 1.54) is 12.0 Å². The van der Waals surface area contributed by atoms with Crippen molar-refractivity contribution in [2.45, 2.75) is 33.1 Å². The first-order chi connectivity index (χ1) is 7.09. The van der Waals surface area contributed by atoms with Crippen LogP contribution in [-0.2, 0) is 0 Å². The number of hydrogen-bond donors (Lipinski definition) is 3. The molecule has 0 unspecified atom stereocenters. The number of hydrazine groups is 1. The van der Waals surface area contributed by atoms with E-state index < -0.39 is 6.03 Å². The van der Waals surface area contributed by atoms with Gasteiger partial charge in [-0.05, 0) is 30.8 Å². The number of urea groups is 1. The van der Waals surface area contributed by atoms with Gasteiger partial charge in [0.2, 0.25) is 0 Å². The quantitative estimate of drug-likeness (QED) is 0.620. The van der Waals surface area contributed by atoms with E-state index in [1.807, 2.05) is 0 Å². The largest absolute Gasteiger partial charge is 0.350 e. The van der Waals surface area contributed by atoms with Gasteiger partial charge in [0, 0.05) is 0 Å². The van der Waals surface area contributed by atoms with Crippen molar-refractivity contribution in [3.8, 4) is 0 Å². The Morgan fingerprint density at radius 2 is 2.33 bits per heavy atom. The third kappa shape index (κ3) is 4.06. The van der Waals surface area contributed by atoms with Crippen molar-refractivity contribution in [1.82, 2.24) is 10.9 Å². The summed E-state index contributed by atoms with van der Waals surface area (Å²) in [7, 11) is 0. The van der Waals surface area contributed by atoms with E-state index in [-0.39, 0.29) is 0 Å². The minimum absolute atomic E-state index is 0.511. The zero-order chi connectivity index (χ0) is 11.3. The molecule has 84 valence electrons. The molecule has 0 atom stereocenters. The molecule has 0 aromatic heterocycles. The van der Waals surface area contributed by atoms with Crippen molar-refractivity contribution in [3.63, 3.8) is 0 Å². The average Bonchev–Trinajstić information content (AvgIpc) is 2.15. The van der Waals surface area contributed by atoms with E-state index in [9.17, 15) is 4.79 Å². The van der Waals surface area contributed by atoms with Crippen LogP contribution in [0.5, 0.6) is 0 Å². The van der Waals surface area contributed by atoms with Gasteiger partial charge in [-0.1, -0.05) is 26.0 Å². The number of rotatable bonds is 3. The molecule has 0 aliphatic heterocycles. The monoisotopic (exact) mass is 209 g/mol. The van der Waals surface area contributed by atoms with Gasteiger partial charge in [0.05, 0.1) is 5.70 Å². The van der Waals surface area contributed by atoms with Gasteiger partial charge in [-0.25, -0.2) is 4.79 Å². The first-order valence-electron chi connectivity index (χ1n) is 5.32. The molecule has 2 amide bonds. The summed E-state index contributed by atoms with van der Waals surface area (Å²) < 4.78 is 0. The molecular formula is C11H19N3O. The first kappa shape index (κ1) is 11.6. The molecular weight excluding hydrogens is 190 g/mol. The third-order valence-electron chi connectivity index (χ3n) is 2.20. The SMILES string of the molecule is CC(C)C=C1CCCC=C1NNC(N)=O. The molecule has 4 heteroatoms. The van der Waals surface area contributed by atoms with Crippen LogP contribution in [0.4, 0.5) is 4.79 Å². The number of carbonyl (C=O) groups excluding carboxylic acids is 1. The van der Waals surface area contributed by atoms with Crippen molar-refractivity contribution in [2.75, 3.05) is 0 Å². The van der Waals surface area contributed by atoms with Gasteiger partial charge in [0.1, 0.15) is 0 Å². The second kappa shape index (κ2) is 5.44. The van der Waals surface area contributed by atoms with E-state index in [0.29, 0.717) is 5.92 Å². The molecule has 0 aromatic rings. The number of amides is 2. The summed E-state index contributed by atoms with van der Waals surface area (Å²) >= 11 is 0. The molecule has 1 rings (SSSR count). The lowest BCUT2D eigenvalue weighted by atomic mass is 9.96. The highest BCUT2D eigenvalue weighted by molar-refractivity contribution is 5.71. The molecule has 0 spiro atoms. The van der Waals surface area contributed by atoms with Gasteiger partial charge in [0.15, 0.2) is 0 Å². The summed E-state index contributed by atoms with van der Waals surface area (Å²) in [5.74, 6) is 0.511. The molecule has 0 heterocycles. The molecule has 4 N–H and O–H groups in total. The fourth-order valence-electron chi connectivity index (χ4n) is 1.64. The van der Waals surface area contributed by atoms with Crippen molar-refractivity contribution >= 4 is 6.03 Å². The van der Waals surface area contributed by atoms with E-state index in [1.54, 1.807) is 0 Å². The number of nitrogens with one attached hydrogen (secondary N) is 2. The maximum absolute atomic E-state index is 10.6. The van der Waals surface area contributed by atoms with Crippen LogP contribution in [0.15, 0.2) is 23.4 Å². The van der Waals surface area contributed by atoms with Crippen LogP contribution < -0.4 is 16.6 Å². The lowest BCUT2D eigenvalue weighted by Crippen LogP contribution is -2.41. The van der Waals surface area contributed by atoms with Crippen LogP contribution in [-0.4, -0.2) is 6.03 Å². The Morgan fingerprint density at radius 3 is 2.93 bits per heavy atom. The lowest BCUT2D eigenvalue weighted by molar-refractivity contribution is 0.246. The van der Waals surface area contributed by atoms with E-state index in [0.717, 1.165) is 18.5 Å². The van der Waals surface area contributed by atoms with Crippen molar-refractivity contribution < 1.29 is 4.79 Å². The maximum Gasteiger partial charge on any atom is 0.330 e. The molecule has 0 saturated carbocycles. The fraction of sp³-hybridized carbons (Fsp3) is 0.545. The average molecular weight is 209 g/mol. The smallest absolute Gasteiger partial charge is 0.330 e. The Balaban J connectivity index is 2.65. The number of nitrogens with two attached hydrogens (primary N) is 1. The van der Waals surface area contributed by atoms with Gasteiger partial charge in [-0.2, -0.15) is 0 Å². The van der Waals surface area contributed by atoms with E-state index in [4.69, 9.17) is 5.73 Å². The summed E-state index contributed by atoms with van der Waals surface area (Å²) in [6.07, 6.45) is 7.56. The van der Waals surface area contributed by atoms with Gasteiger partial charge < -0.3 is 5.73 Å². The van der Waals surface area contributed by atoms with Crippen molar-refractivity contribution in [2.24, 2.45) is 11.7 Å². The summed E-state index contributed by atoms with van der Waals surface area (Å²) in [5, 5.41) is 0. The zero-order valence-corrected chi connectivity index (χ0v) is 9.34. The summed E-state index contributed by atoms with van der Waals surface area (Å²) in [5.41, 5.74) is 12.5. The Bertz CT molecular complexity index is 292. The molecule has 0 radical (unpaired) electrons. The Kier molecular flexibility index (Phi) is 4.21. The van der Waals surface area contributed by atoms with Crippen molar-refractivity contribution in [3.05, 3.63) is 23.4 Å². The minimum Gasteiger partial charge on any atom is -0.350 e. The number of hydrogen-bond acceptors (Lipinski definition) is 2. The fourth-order valence-corrected chi connectivity index (χ4v) is 1.64. The van der Waals surface area contributed by atoms with Crippen LogP contribution in [0.2, 0.25) is 0 Å². The zero-order valence-electron chi connectivity index (χ0n) is 9.34. The lowest BCUT2D eigenvalue weighted by Gasteiger charge is -2.19. The van der Waals surface area contributed by atoms with Crippen molar-refractivity contribution in [1.29, 1.82) is 0 Å². The summed E-state index contributed by atoms with van der Waals surface area (Å²) in [4.78, 5) is 10.6. The molecule has 15 heavy (non-hydrogen) atoms. The van der Waals surface area contributed by atoms with Crippen LogP contribution >= 0.6 is 0 Å². The molecule has 0 bridgehead atoms. The predicted molar refractivity (Wildman–Crippen MR) is 60.7 cm³/mol. The molecule has 0 fully saturated rings. The maximum atomic E-state index is 10.6. The highest BCUT2D eigenvalue weighted by atomic mass is 16.2. The van der Waals surface area contributed by atoms with Crippen LogP contribution in [0.3, 0.4) is 0 Å². The van der Waals surface area contributed by atoms with Gasteiger partial charge in [-0.3, -0.25) is 10.9 Å². The van der Waals surface area contributed by atoms with Gasteiger partial charge >= 0.3 is 6.03 Å². The molecule has 4 nitrogen and oxygen atoms in total. The normalized spacial score (nSPS) is 18.9. The summed E-state index contributed by atoms with van der Waals surface area (Å²) in [6.45, 7) is 4.28. The van der Waals surface area contributed by atoms with Gasteiger partial charge in [0.25, 0.3) is 0 Å². The summed E-state index contributed by atoms with van der Waals surface area (Å²) in [6, 6.07) is -0.564. The number of primary amides is 1. The third-order valence-corrected chi connectivity index (χ3v) is 2.20. The van der Waals surface area contributed by atoms with Crippen LogP contribution in [0, 0.1) is 5.92 Å². The Hall–Kier alpha value is -1.45.